The first-order valence-corrected chi connectivity index (χ1v) is 11.5. The molecule has 0 fully saturated rings. The highest BCUT2D eigenvalue weighted by atomic mass is 35.5. The highest BCUT2D eigenvalue weighted by Gasteiger charge is 2.35. The van der Waals surface area contributed by atoms with Crippen molar-refractivity contribution in [2.24, 2.45) is 0 Å². The van der Waals surface area contributed by atoms with Gasteiger partial charge in [0.1, 0.15) is 0 Å². The van der Waals surface area contributed by atoms with E-state index < -0.39 is 6.04 Å². The summed E-state index contributed by atoms with van der Waals surface area (Å²) in [7, 11) is 4.59. The first kappa shape index (κ1) is 24.4. The summed E-state index contributed by atoms with van der Waals surface area (Å²) in [5, 5.41) is 3.51. The van der Waals surface area contributed by atoms with Gasteiger partial charge in [-0.2, -0.15) is 0 Å². The number of benzene rings is 3. The maximum absolute atomic E-state index is 13.3. The molecule has 0 radical (unpaired) electrons. The van der Waals surface area contributed by atoms with Gasteiger partial charge in [-0.15, -0.1) is 0 Å². The molecule has 3 aromatic rings. The average Bonchev–Trinajstić information content (AvgIpc) is 3.22. The molecule has 4 rings (SSSR count). The molecule has 1 aliphatic rings. The van der Waals surface area contributed by atoms with E-state index >= 15 is 0 Å². The molecular weight excluding hydrogens is 468 g/mol. The quantitative estimate of drug-likeness (QED) is 0.463. The third-order valence-corrected chi connectivity index (χ3v) is 6.48. The fraction of sp³-hybridized carbons (Fsp3) is 0.259. The first-order valence-electron chi connectivity index (χ1n) is 11.2. The third kappa shape index (κ3) is 5.05. The van der Waals surface area contributed by atoms with Crippen LogP contribution < -0.4 is 19.5 Å². The molecule has 0 saturated heterocycles. The van der Waals surface area contributed by atoms with Crippen LogP contribution >= 0.6 is 11.6 Å². The first-order chi connectivity index (χ1) is 17.0. The minimum absolute atomic E-state index is 0.0445. The number of rotatable bonds is 9. The Balaban J connectivity index is 1.66. The van der Waals surface area contributed by atoms with E-state index in [-0.39, 0.29) is 24.8 Å². The molecule has 0 unspecified atom stereocenters. The number of fused-ring (bicyclic) bond motifs is 1. The highest BCUT2D eigenvalue weighted by molar-refractivity contribution is 6.31. The zero-order chi connectivity index (χ0) is 24.9. The van der Waals surface area contributed by atoms with Gasteiger partial charge in [0.15, 0.2) is 11.5 Å². The maximum atomic E-state index is 13.3. The van der Waals surface area contributed by atoms with Gasteiger partial charge in [-0.25, -0.2) is 0 Å². The summed E-state index contributed by atoms with van der Waals surface area (Å²) in [5.41, 5.74) is 3.08. The van der Waals surface area contributed by atoms with Crippen molar-refractivity contribution in [3.8, 4) is 17.2 Å². The highest BCUT2D eigenvalue weighted by Crippen LogP contribution is 2.42. The van der Waals surface area contributed by atoms with E-state index in [1.807, 2.05) is 36.4 Å². The van der Waals surface area contributed by atoms with Crippen LogP contribution in [-0.2, 0) is 17.9 Å². The lowest BCUT2D eigenvalue weighted by atomic mass is 10.00. The van der Waals surface area contributed by atoms with Crippen LogP contribution in [0.3, 0.4) is 0 Å². The number of amides is 2. The summed E-state index contributed by atoms with van der Waals surface area (Å²) in [5.74, 6) is 1.00. The molecule has 8 heteroatoms. The molecule has 1 atom stereocenters. The molecule has 0 bridgehead atoms. The molecule has 1 heterocycles. The van der Waals surface area contributed by atoms with Crippen molar-refractivity contribution < 1.29 is 23.8 Å². The number of halogens is 1. The largest absolute Gasteiger partial charge is 0.493 e. The molecule has 7 nitrogen and oxygen atoms in total. The van der Waals surface area contributed by atoms with Crippen LogP contribution in [0.4, 0.5) is 0 Å². The van der Waals surface area contributed by atoms with E-state index in [9.17, 15) is 9.59 Å². The Bertz CT molecular complexity index is 1220. The Morgan fingerprint density at radius 1 is 1.00 bits per heavy atom. The fourth-order valence-electron chi connectivity index (χ4n) is 4.31. The molecule has 0 aliphatic carbocycles. The van der Waals surface area contributed by atoms with Crippen LogP contribution in [0.1, 0.15) is 39.5 Å². The second-order valence-corrected chi connectivity index (χ2v) is 8.54. The summed E-state index contributed by atoms with van der Waals surface area (Å²) in [6, 6.07) is 17.8. The summed E-state index contributed by atoms with van der Waals surface area (Å²) >= 11 is 6.24. The smallest absolute Gasteiger partial charge is 0.255 e. The molecule has 35 heavy (non-hydrogen) atoms. The summed E-state index contributed by atoms with van der Waals surface area (Å²) < 4.78 is 16.5. The van der Waals surface area contributed by atoms with Gasteiger partial charge < -0.3 is 24.4 Å². The van der Waals surface area contributed by atoms with Crippen molar-refractivity contribution in [3.63, 3.8) is 0 Å². The zero-order valence-electron chi connectivity index (χ0n) is 19.8. The summed E-state index contributed by atoms with van der Waals surface area (Å²) in [6.07, 6.45) is 0.0445. The van der Waals surface area contributed by atoms with Crippen LogP contribution in [0.5, 0.6) is 17.2 Å². The topological polar surface area (TPSA) is 77.1 Å². The van der Waals surface area contributed by atoms with Gasteiger partial charge in [0.05, 0.1) is 33.8 Å². The SMILES string of the molecule is COc1cc([C@@H](CC(=O)NCc2ccccc2Cl)N2Cc3ccccc3C2=O)cc(OC)c1OC. The van der Waals surface area contributed by atoms with Gasteiger partial charge in [0.25, 0.3) is 5.91 Å². The lowest BCUT2D eigenvalue weighted by molar-refractivity contribution is -0.122. The Morgan fingerprint density at radius 2 is 1.66 bits per heavy atom. The van der Waals surface area contributed by atoms with Crippen molar-refractivity contribution >= 4 is 23.4 Å². The van der Waals surface area contributed by atoms with Crippen LogP contribution in [0.15, 0.2) is 60.7 Å². The van der Waals surface area contributed by atoms with E-state index in [2.05, 4.69) is 5.32 Å². The zero-order valence-corrected chi connectivity index (χ0v) is 20.6. The van der Waals surface area contributed by atoms with Crippen molar-refractivity contribution in [3.05, 3.63) is 87.9 Å². The van der Waals surface area contributed by atoms with Crippen molar-refractivity contribution in [2.45, 2.75) is 25.6 Å². The van der Waals surface area contributed by atoms with Crippen molar-refractivity contribution in [2.75, 3.05) is 21.3 Å². The van der Waals surface area contributed by atoms with Gasteiger partial charge >= 0.3 is 0 Å². The Labute approximate surface area is 209 Å². The number of ether oxygens (including phenoxy) is 3. The Kier molecular flexibility index (Phi) is 7.46. The molecule has 0 saturated carbocycles. The Hall–Kier alpha value is -3.71. The number of nitrogens with zero attached hydrogens (tertiary/aromatic N) is 1. The average molecular weight is 495 g/mol. The van der Waals surface area contributed by atoms with E-state index in [1.54, 1.807) is 29.2 Å². The third-order valence-electron chi connectivity index (χ3n) is 6.11. The normalized spacial score (nSPS) is 13.3. The minimum atomic E-state index is -0.560. The number of nitrogens with one attached hydrogen (secondary N) is 1. The monoisotopic (exact) mass is 494 g/mol. The van der Waals surface area contributed by atoms with Gasteiger partial charge in [-0.05, 0) is 41.0 Å². The minimum Gasteiger partial charge on any atom is -0.493 e. The van der Waals surface area contributed by atoms with Crippen LogP contribution in [0.25, 0.3) is 0 Å². The molecule has 3 aromatic carbocycles. The van der Waals surface area contributed by atoms with Gasteiger partial charge in [0.2, 0.25) is 11.7 Å². The summed E-state index contributed by atoms with van der Waals surface area (Å²) in [6.45, 7) is 0.683. The molecule has 2 amide bonds. The predicted molar refractivity (Wildman–Crippen MR) is 133 cm³/mol. The number of hydrogen-bond donors (Lipinski definition) is 1. The van der Waals surface area contributed by atoms with Gasteiger partial charge in [-0.3, -0.25) is 9.59 Å². The lowest BCUT2D eigenvalue weighted by Gasteiger charge is -2.29. The number of carbonyl (C=O) groups is 2. The van der Waals surface area contributed by atoms with Gasteiger partial charge in [0, 0.05) is 23.7 Å². The molecule has 1 aliphatic heterocycles. The molecule has 1 N–H and O–H groups in total. The van der Waals surface area contributed by atoms with Crippen LogP contribution in [0.2, 0.25) is 5.02 Å². The molecule has 0 spiro atoms. The second-order valence-electron chi connectivity index (χ2n) is 8.14. The van der Waals surface area contributed by atoms with Crippen LogP contribution in [0, 0.1) is 0 Å². The molecular formula is C27H27ClN2O5. The number of hydrogen-bond acceptors (Lipinski definition) is 5. The van der Waals surface area contributed by atoms with Crippen molar-refractivity contribution in [1.82, 2.24) is 10.2 Å². The summed E-state index contributed by atoms with van der Waals surface area (Å²) in [4.78, 5) is 28.1. The fourth-order valence-corrected chi connectivity index (χ4v) is 4.52. The van der Waals surface area contributed by atoms with Crippen molar-refractivity contribution in [1.29, 1.82) is 0 Å². The number of carbonyl (C=O) groups excluding carboxylic acids is 2. The van der Waals surface area contributed by atoms with E-state index in [4.69, 9.17) is 25.8 Å². The molecule has 182 valence electrons. The maximum Gasteiger partial charge on any atom is 0.255 e. The molecule has 0 aromatic heterocycles. The van der Waals surface area contributed by atoms with E-state index in [0.29, 0.717) is 39.9 Å². The van der Waals surface area contributed by atoms with E-state index in [0.717, 1.165) is 11.1 Å². The second kappa shape index (κ2) is 10.7. The Morgan fingerprint density at radius 3 is 2.29 bits per heavy atom. The van der Waals surface area contributed by atoms with Crippen LogP contribution in [-0.4, -0.2) is 38.0 Å². The lowest BCUT2D eigenvalue weighted by Crippen LogP contribution is -2.34. The number of methoxy groups -OCH3 is 3. The standard InChI is InChI=1S/C27H27ClN2O5/c1-33-23-12-19(13-24(34-2)26(23)35-3)22(30-16-18-9-4-6-10-20(18)27(30)32)14-25(31)29-15-17-8-5-7-11-21(17)28/h4-13,22H,14-16H2,1-3H3,(H,29,31)/t22-/m1/s1. The predicted octanol–water partition coefficient (Wildman–Crippen LogP) is 4.77. The van der Waals surface area contributed by atoms with E-state index in [1.165, 1.54) is 21.3 Å². The van der Waals surface area contributed by atoms with Gasteiger partial charge in [-0.1, -0.05) is 48.0 Å².